The molecule has 1 atom stereocenters. The normalized spacial score (nSPS) is 15.8. The first-order valence-electron chi connectivity index (χ1n) is 9.67. The number of aromatic nitrogens is 2. The number of benzene rings is 1. The molecule has 1 fully saturated rings. The van der Waals surface area contributed by atoms with Gasteiger partial charge in [-0.3, -0.25) is 9.36 Å². The molecule has 31 heavy (non-hydrogen) atoms. The summed E-state index contributed by atoms with van der Waals surface area (Å²) < 4.78 is 49.2. The molecular weight excluding hydrogens is 413 g/mol. The highest BCUT2D eigenvalue weighted by molar-refractivity contribution is 5.95. The summed E-state index contributed by atoms with van der Waals surface area (Å²) in [5, 5.41) is -0.177. The van der Waals surface area contributed by atoms with E-state index in [2.05, 4.69) is 4.98 Å². The number of ether oxygens (including phenoxy) is 1. The van der Waals surface area contributed by atoms with E-state index in [9.17, 15) is 22.8 Å². The molecule has 10 heteroatoms. The topological polar surface area (TPSA) is 90.4 Å². The van der Waals surface area contributed by atoms with Crippen molar-refractivity contribution in [2.24, 2.45) is 0 Å². The first-order chi connectivity index (χ1) is 14.7. The van der Waals surface area contributed by atoms with Gasteiger partial charge in [-0.25, -0.2) is 22.9 Å². The number of carbonyl (C=O) groups excluding carboxylic acids is 1. The number of rotatable bonds is 4. The Morgan fingerprint density at radius 3 is 2.58 bits per heavy atom. The maximum atomic E-state index is 14.9. The Hall–Kier alpha value is -3.56. The summed E-state index contributed by atoms with van der Waals surface area (Å²) in [5.74, 6) is -4.76. The molecule has 0 amide bonds. The van der Waals surface area contributed by atoms with Gasteiger partial charge in [-0.2, -0.15) is 0 Å². The zero-order valence-electron chi connectivity index (χ0n) is 16.8. The highest BCUT2D eigenvalue weighted by Gasteiger charge is 2.28. The summed E-state index contributed by atoms with van der Waals surface area (Å²) in [6.45, 7) is 4.09. The van der Waals surface area contributed by atoms with E-state index in [-0.39, 0.29) is 29.2 Å². The standard InChI is InChI=1S/C21H19F3N4O3/c1-3-31-21(30)12-9-28(20-15(24)7-14(23)19(25)26-20)16-8-17(27-5-4-10(27)2)13(22)6-11(16)18(12)29/h6-10H,3-5H2,1-2H3,(H2,25,26). The third-order valence-corrected chi connectivity index (χ3v) is 5.36. The Labute approximate surface area is 174 Å². The van der Waals surface area contributed by atoms with Crippen molar-refractivity contribution in [2.45, 2.75) is 26.3 Å². The highest BCUT2D eigenvalue weighted by Crippen LogP contribution is 2.32. The largest absolute Gasteiger partial charge is 0.462 e. The van der Waals surface area contributed by atoms with Crippen LogP contribution in [0, 0.1) is 17.5 Å². The Bertz CT molecular complexity index is 1280. The van der Waals surface area contributed by atoms with Crippen LogP contribution in [0.15, 0.2) is 29.2 Å². The van der Waals surface area contributed by atoms with Gasteiger partial charge in [-0.05, 0) is 32.4 Å². The smallest absolute Gasteiger partial charge is 0.343 e. The SMILES string of the molecule is CCOC(=O)c1cn(-c2nc(N)c(F)cc2F)c2cc(N3CCC3C)c(F)cc2c1=O. The fourth-order valence-corrected chi connectivity index (χ4v) is 3.60. The van der Waals surface area contributed by atoms with Crippen molar-refractivity contribution in [3.8, 4) is 5.82 Å². The molecule has 0 spiro atoms. The second-order valence-corrected chi connectivity index (χ2v) is 7.28. The Balaban J connectivity index is 2.07. The van der Waals surface area contributed by atoms with Crippen LogP contribution < -0.4 is 16.1 Å². The van der Waals surface area contributed by atoms with Crippen molar-refractivity contribution in [3.63, 3.8) is 0 Å². The van der Waals surface area contributed by atoms with Gasteiger partial charge in [0.25, 0.3) is 0 Å². The van der Waals surface area contributed by atoms with Crippen molar-refractivity contribution in [1.82, 2.24) is 9.55 Å². The molecule has 1 unspecified atom stereocenters. The first kappa shape index (κ1) is 20.7. The maximum absolute atomic E-state index is 14.9. The number of nitrogen functional groups attached to an aromatic ring is 1. The third kappa shape index (κ3) is 3.37. The van der Waals surface area contributed by atoms with E-state index in [4.69, 9.17) is 10.5 Å². The second kappa shape index (κ2) is 7.60. The summed E-state index contributed by atoms with van der Waals surface area (Å²) in [6, 6.07) is 3.02. The molecule has 7 nitrogen and oxygen atoms in total. The number of nitrogens with zero attached hydrogens (tertiary/aromatic N) is 3. The van der Waals surface area contributed by atoms with Crippen LogP contribution in [0.5, 0.6) is 0 Å². The predicted molar refractivity (Wildman–Crippen MR) is 109 cm³/mol. The molecule has 162 valence electrons. The molecule has 0 radical (unpaired) electrons. The molecule has 1 aromatic carbocycles. The lowest BCUT2D eigenvalue weighted by Crippen LogP contribution is -2.46. The molecular formula is C21H19F3N4O3. The molecule has 0 saturated carbocycles. The number of nitrogens with two attached hydrogens (primary N) is 1. The zero-order chi connectivity index (χ0) is 22.4. The quantitative estimate of drug-likeness (QED) is 0.637. The van der Waals surface area contributed by atoms with Crippen molar-refractivity contribution in [3.05, 3.63) is 57.6 Å². The molecule has 0 aliphatic carbocycles. The van der Waals surface area contributed by atoms with Crippen LogP contribution in [-0.4, -0.2) is 34.7 Å². The van der Waals surface area contributed by atoms with Gasteiger partial charge in [-0.15, -0.1) is 0 Å². The molecule has 3 aromatic rings. The molecule has 1 aliphatic heterocycles. The van der Waals surface area contributed by atoms with Crippen molar-refractivity contribution in [1.29, 1.82) is 0 Å². The summed E-state index contributed by atoms with van der Waals surface area (Å²) in [5.41, 5.74) is 4.60. The number of hydrogen-bond donors (Lipinski definition) is 1. The van der Waals surface area contributed by atoms with Crippen molar-refractivity contribution >= 4 is 28.4 Å². The van der Waals surface area contributed by atoms with E-state index < -0.39 is 46.0 Å². The Morgan fingerprint density at radius 2 is 1.97 bits per heavy atom. The van der Waals surface area contributed by atoms with Gasteiger partial charge < -0.3 is 15.4 Å². The molecule has 2 aromatic heterocycles. The molecule has 4 rings (SSSR count). The number of halogens is 3. The number of pyridine rings is 2. The molecule has 3 heterocycles. The second-order valence-electron chi connectivity index (χ2n) is 7.28. The van der Waals surface area contributed by atoms with Crippen LogP contribution in [0.25, 0.3) is 16.7 Å². The number of fused-ring (bicyclic) bond motifs is 1. The summed E-state index contributed by atoms with van der Waals surface area (Å²) >= 11 is 0. The summed E-state index contributed by atoms with van der Waals surface area (Å²) in [4.78, 5) is 30.8. The van der Waals surface area contributed by atoms with Crippen LogP contribution >= 0.6 is 0 Å². The number of carbonyl (C=O) groups is 1. The van der Waals surface area contributed by atoms with E-state index >= 15 is 0 Å². The van der Waals surface area contributed by atoms with Crippen LogP contribution in [-0.2, 0) is 4.74 Å². The zero-order valence-corrected chi connectivity index (χ0v) is 16.8. The van der Waals surface area contributed by atoms with Crippen LogP contribution in [0.3, 0.4) is 0 Å². The van der Waals surface area contributed by atoms with Crippen LogP contribution in [0.4, 0.5) is 24.7 Å². The van der Waals surface area contributed by atoms with E-state index in [1.165, 1.54) is 6.07 Å². The average Bonchev–Trinajstić information content (AvgIpc) is 2.71. The van der Waals surface area contributed by atoms with E-state index in [0.29, 0.717) is 12.6 Å². The molecule has 0 bridgehead atoms. The fourth-order valence-electron chi connectivity index (χ4n) is 3.60. The van der Waals surface area contributed by atoms with Crippen molar-refractivity contribution < 1.29 is 22.7 Å². The van der Waals surface area contributed by atoms with Gasteiger partial charge in [0.2, 0.25) is 5.43 Å². The van der Waals surface area contributed by atoms with Gasteiger partial charge in [0, 0.05) is 24.8 Å². The Morgan fingerprint density at radius 1 is 1.23 bits per heavy atom. The minimum absolute atomic E-state index is 0.00738. The minimum Gasteiger partial charge on any atom is -0.462 e. The Kier molecular flexibility index (Phi) is 5.08. The number of anilines is 2. The lowest BCUT2D eigenvalue weighted by molar-refractivity contribution is 0.0524. The van der Waals surface area contributed by atoms with E-state index in [1.807, 2.05) is 6.92 Å². The molecule has 2 N–H and O–H groups in total. The maximum Gasteiger partial charge on any atom is 0.343 e. The lowest BCUT2D eigenvalue weighted by Gasteiger charge is -2.41. The molecule has 1 aliphatic rings. The van der Waals surface area contributed by atoms with Crippen molar-refractivity contribution in [2.75, 3.05) is 23.8 Å². The third-order valence-electron chi connectivity index (χ3n) is 5.36. The predicted octanol–water partition coefficient (Wildman–Crippen LogP) is 3.16. The van der Waals surface area contributed by atoms with Crippen LogP contribution in [0.2, 0.25) is 0 Å². The van der Waals surface area contributed by atoms with E-state index in [1.54, 1.807) is 11.8 Å². The minimum atomic E-state index is -1.07. The van der Waals surface area contributed by atoms with Gasteiger partial charge in [0.05, 0.1) is 23.2 Å². The fraction of sp³-hybridized carbons (Fsp3) is 0.286. The average molecular weight is 432 g/mol. The molecule has 1 saturated heterocycles. The monoisotopic (exact) mass is 432 g/mol. The van der Waals surface area contributed by atoms with Gasteiger partial charge in [0.15, 0.2) is 23.3 Å². The lowest BCUT2D eigenvalue weighted by atomic mass is 10.0. The number of hydrogen-bond acceptors (Lipinski definition) is 6. The van der Waals surface area contributed by atoms with Gasteiger partial charge in [0.1, 0.15) is 11.4 Å². The van der Waals surface area contributed by atoms with Crippen LogP contribution in [0.1, 0.15) is 30.6 Å². The number of esters is 1. The van der Waals surface area contributed by atoms with E-state index in [0.717, 1.165) is 23.3 Å². The summed E-state index contributed by atoms with van der Waals surface area (Å²) in [7, 11) is 0. The van der Waals surface area contributed by atoms with Gasteiger partial charge in [-0.1, -0.05) is 0 Å². The van der Waals surface area contributed by atoms with Gasteiger partial charge >= 0.3 is 5.97 Å². The summed E-state index contributed by atoms with van der Waals surface area (Å²) in [6.07, 6.45) is 1.92. The first-order valence-corrected chi connectivity index (χ1v) is 9.67. The highest BCUT2D eigenvalue weighted by atomic mass is 19.1.